The van der Waals surface area contributed by atoms with Gasteiger partial charge in [0.25, 0.3) is 17.4 Å². The van der Waals surface area contributed by atoms with Crippen molar-refractivity contribution in [2.75, 3.05) is 0 Å². The molecule has 3 atom stereocenters. The third-order valence-corrected chi connectivity index (χ3v) is 3.64. The van der Waals surface area contributed by atoms with E-state index in [2.05, 4.69) is 0 Å². The van der Waals surface area contributed by atoms with E-state index in [1.165, 1.54) is 0 Å². The first-order valence-electron chi connectivity index (χ1n) is 6.04. The Labute approximate surface area is 115 Å². The van der Waals surface area contributed by atoms with Crippen molar-refractivity contribution in [3.63, 3.8) is 0 Å². The fourth-order valence-corrected chi connectivity index (χ4v) is 2.47. The summed E-state index contributed by atoms with van der Waals surface area (Å²) in [4.78, 5) is 33.0. The van der Waals surface area contributed by atoms with Crippen LogP contribution in [0.3, 0.4) is 0 Å². The van der Waals surface area contributed by atoms with Crippen molar-refractivity contribution >= 4 is 5.78 Å². The normalized spacial score (nSPS) is 34.6. The van der Waals surface area contributed by atoms with E-state index in [0.717, 1.165) is 19.9 Å². The summed E-state index contributed by atoms with van der Waals surface area (Å²) >= 11 is 0. The van der Waals surface area contributed by atoms with Gasteiger partial charge < -0.3 is 5.11 Å². The van der Waals surface area contributed by atoms with Crippen LogP contribution in [0.4, 0.5) is 0 Å². The number of ketones is 1. The van der Waals surface area contributed by atoms with Crippen molar-refractivity contribution in [2.45, 2.75) is 51.8 Å². The molecule has 0 aliphatic heterocycles. The van der Waals surface area contributed by atoms with E-state index >= 15 is 0 Å². The first kappa shape index (κ1) is 16.2. The summed E-state index contributed by atoms with van der Waals surface area (Å²) in [6, 6.07) is -1.69. The maximum atomic E-state index is 12.2. The van der Waals surface area contributed by atoms with Gasteiger partial charge in [0.05, 0.1) is 0 Å². The Kier molecular flexibility index (Phi) is 3.52. The van der Waals surface area contributed by atoms with Crippen LogP contribution in [0, 0.1) is 25.6 Å². The van der Waals surface area contributed by atoms with E-state index in [9.17, 15) is 30.1 Å². The van der Waals surface area contributed by atoms with Gasteiger partial charge in [-0.1, -0.05) is 20.8 Å². The van der Waals surface area contributed by atoms with Gasteiger partial charge in [-0.05, 0) is 12.3 Å². The van der Waals surface area contributed by atoms with Gasteiger partial charge in [-0.25, -0.2) is 0 Å². The van der Waals surface area contributed by atoms with E-state index in [4.69, 9.17) is 0 Å². The number of carbonyl (C=O) groups excluding carboxylic acids is 1. The number of aliphatic hydroxyl groups is 1. The van der Waals surface area contributed by atoms with Crippen LogP contribution in [0.25, 0.3) is 0 Å². The zero-order chi connectivity index (χ0) is 16.1. The molecule has 20 heavy (non-hydrogen) atoms. The highest BCUT2D eigenvalue weighted by Gasteiger charge is 2.65. The highest BCUT2D eigenvalue weighted by molar-refractivity contribution is 5.98. The number of nitrogens with zero attached hydrogens (tertiary/aromatic N) is 2. The Morgan fingerprint density at radius 3 is 2.00 bits per heavy atom. The second-order valence-electron chi connectivity index (χ2n) is 6.42. The third-order valence-electron chi connectivity index (χ3n) is 3.64. The fourth-order valence-electron chi connectivity index (χ4n) is 2.47. The fraction of sp³-hybridized carbons (Fsp3) is 0.750. The van der Waals surface area contributed by atoms with Gasteiger partial charge in [-0.3, -0.25) is 25.0 Å². The van der Waals surface area contributed by atoms with E-state index in [-0.39, 0.29) is 5.57 Å². The Morgan fingerprint density at radius 2 is 1.70 bits per heavy atom. The maximum Gasteiger partial charge on any atom is 0.298 e. The molecule has 1 aliphatic rings. The van der Waals surface area contributed by atoms with Crippen molar-refractivity contribution < 1.29 is 19.7 Å². The van der Waals surface area contributed by atoms with Crippen LogP contribution in [0.2, 0.25) is 0 Å². The Morgan fingerprint density at radius 1 is 1.25 bits per heavy atom. The number of nitro groups is 2. The van der Waals surface area contributed by atoms with Gasteiger partial charge >= 0.3 is 0 Å². The van der Waals surface area contributed by atoms with Crippen LogP contribution in [0.1, 0.15) is 34.6 Å². The molecule has 8 nitrogen and oxygen atoms in total. The zero-order valence-electron chi connectivity index (χ0n) is 12.0. The van der Waals surface area contributed by atoms with Gasteiger partial charge in [0.2, 0.25) is 0 Å². The minimum Gasteiger partial charge on any atom is -0.375 e. The van der Waals surface area contributed by atoms with Gasteiger partial charge in [-0.15, -0.1) is 0 Å². The number of hydrogen-bond acceptors (Lipinski definition) is 6. The van der Waals surface area contributed by atoms with Crippen LogP contribution < -0.4 is 0 Å². The predicted molar refractivity (Wildman–Crippen MR) is 69.4 cm³/mol. The summed E-state index contributed by atoms with van der Waals surface area (Å²) in [5.74, 6) is -1.18. The average molecular weight is 286 g/mol. The topological polar surface area (TPSA) is 124 Å². The molecule has 0 unspecified atom stereocenters. The van der Waals surface area contributed by atoms with E-state index < -0.39 is 38.2 Å². The zero-order valence-corrected chi connectivity index (χ0v) is 12.0. The standard InChI is InChI=1S/C12H18N2O6/c1-10(2,3)7-6-11(4,14(19)20)9(15)12(5,16)8(7)13(17)18/h6,8,16H,1-5H3/t8-,11-,12-/m0/s1. The van der Waals surface area contributed by atoms with Crippen LogP contribution in [0.15, 0.2) is 11.6 Å². The quantitative estimate of drug-likeness (QED) is 0.458. The Bertz CT molecular complexity index is 517. The lowest BCUT2D eigenvalue weighted by Gasteiger charge is -2.39. The lowest BCUT2D eigenvalue weighted by molar-refractivity contribution is -0.552. The summed E-state index contributed by atoms with van der Waals surface area (Å²) < 4.78 is 0. The predicted octanol–water partition coefficient (Wildman–Crippen LogP) is 0.973. The molecule has 0 amide bonds. The molecule has 0 heterocycles. The summed E-state index contributed by atoms with van der Waals surface area (Å²) in [5, 5.41) is 32.7. The summed E-state index contributed by atoms with van der Waals surface area (Å²) in [6.07, 6.45) is 1.01. The number of carbonyl (C=O) groups is 1. The SMILES string of the molecule is CC(C)(C)C1=C[C@](C)([N+](=O)[O-])C(=O)[C@@](C)(O)[C@H]1[N+](=O)[O-]. The molecule has 8 heteroatoms. The second-order valence-corrected chi connectivity index (χ2v) is 6.42. The van der Waals surface area contributed by atoms with Crippen LogP contribution >= 0.6 is 0 Å². The van der Waals surface area contributed by atoms with Gasteiger partial charge in [0.15, 0.2) is 5.60 Å². The summed E-state index contributed by atoms with van der Waals surface area (Å²) in [6.45, 7) is 6.93. The minimum absolute atomic E-state index is 0.0753. The molecule has 0 aromatic rings. The molecule has 112 valence electrons. The van der Waals surface area contributed by atoms with E-state index in [0.29, 0.717) is 0 Å². The summed E-state index contributed by atoms with van der Waals surface area (Å²) in [7, 11) is 0. The van der Waals surface area contributed by atoms with E-state index in [1.807, 2.05) is 0 Å². The number of rotatable bonds is 2. The smallest absolute Gasteiger partial charge is 0.298 e. The molecule has 0 fully saturated rings. The average Bonchev–Trinajstić information content (AvgIpc) is 2.22. The lowest BCUT2D eigenvalue weighted by Crippen LogP contribution is -2.65. The van der Waals surface area contributed by atoms with Gasteiger partial charge in [-0.2, -0.15) is 0 Å². The second kappa shape index (κ2) is 4.34. The molecule has 0 spiro atoms. The van der Waals surface area contributed by atoms with Gasteiger partial charge in [0, 0.05) is 28.4 Å². The molecule has 1 rings (SSSR count). The molecular formula is C12H18N2O6. The molecule has 0 radical (unpaired) electrons. The molecule has 0 bridgehead atoms. The van der Waals surface area contributed by atoms with Crippen LogP contribution in [-0.4, -0.2) is 37.9 Å². The van der Waals surface area contributed by atoms with Crippen LogP contribution in [0.5, 0.6) is 0 Å². The Hall–Kier alpha value is -1.83. The highest BCUT2D eigenvalue weighted by atomic mass is 16.6. The lowest BCUT2D eigenvalue weighted by atomic mass is 9.66. The van der Waals surface area contributed by atoms with Gasteiger partial charge in [0.1, 0.15) is 0 Å². The molecule has 0 aromatic heterocycles. The van der Waals surface area contributed by atoms with Crippen molar-refractivity contribution in [1.29, 1.82) is 0 Å². The molecule has 0 saturated carbocycles. The van der Waals surface area contributed by atoms with Crippen molar-refractivity contribution in [3.8, 4) is 0 Å². The molecule has 0 aromatic carbocycles. The summed E-state index contributed by atoms with van der Waals surface area (Å²) in [5.41, 5.74) is -5.31. The molecule has 1 N–H and O–H groups in total. The monoisotopic (exact) mass is 286 g/mol. The van der Waals surface area contributed by atoms with Crippen LogP contribution in [-0.2, 0) is 4.79 Å². The van der Waals surface area contributed by atoms with E-state index in [1.54, 1.807) is 20.8 Å². The first-order valence-corrected chi connectivity index (χ1v) is 6.04. The molecule has 1 aliphatic carbocycles. The first-order chi connectivity index (χ1) is 8.76. The highest BCUT2D eigenvalue weighted by Crippen LogP contribution is 2.42. The molecular weight excluding hydrogens is 268 g/mol. The number of hydrogen-bond donors (Lipinski definition) is 1. The third kappa shape index (κ3) is 2.20. The molecule has 0 saturated heterocycles. The minimum atomic E-state index is -2.43. The maximum absolute atomic E-state index is 12.2. The largest absolute Gasteiger partial charge is 0.375 e. The number of Topliss-reactive ketones (excluding diaryl/α,β-unsaturated/α-hetero) is 1. The van der Waals surface area contributed by atoms with Crippen molar-refractivity contribution in [2.24, 2.45) is 5.41 Å². The Balaban J connectivity index is 3.70. The van der Waals surface area contributed by atoms with Crippen molar-refractivity contribution in [1.82, 2.24) is 0 Å². The van der Waals surface area contributed by atoms with Crippen molar-refractivity contribution in [3.05, 3.63) is 31.9 Å².